The number of anilines is 1. The van der Waals surface area contributed by atoms with Gasteiger partial charge in [-0.25, -0.2) is 9.78 Å². The third-order valence-corrected chi connectivity index (χ3v) is 5.74. The molecule has 3 aromatic rings. The van der Waals surface area contributed by atoms with Gasteiger partial charge in [-0.15, -0.1) is 0 Å². The highest BCUT2D eigenvalue weighted by Gasteiger charge is 2.33. The molecular formula is C24H28N4O3. The number of methoxy groups -OCH3 is 2. The van der Waals surface area contributed by atoms with E-state index in [9.17, 15) is 4.79 Å². The number of likely N-dealkylation sites (tertiary alicyclic amines) is 1. The maximum absolute atomic E-state index is 13.0. The molecule has 1 fully saturated rings. The average Bonchev–Trinajstić information content (AvgIpc) is 3.42. The van der Waals surface area contributed by atoms with E-state index >= 15 is 0 Å². The summed E-state index contributed by atoms with van der Waals surface area (Å²) in [5, 5.41) is 3.00. The lowest BCUT2D eigenvalue weighted by atomic mass is 10.1. The Morgan fingerprint density at radius 1 is 1.06 bits per heavy atom. The zero-order valence-corrected chi connectivity index (χ0v) is 18.2. The standard InChI is InChI=1S/C24H28N4O3/c1-17-15-25-23(28(17)16-18-6-10-20(30-2)11-7-18)22-5-4-14-27(22)24(29)26-19-8-12-21(31-3)13-9-19/h6-13,15,22H,4-5,14,16H2,1-3H3,(H,26,29). The van der Waals surface area contributed by atoms with Crippen molar-refractivity contribution in [2.45, 2.75) is 32.4 Å². The van der Waals surface area contributed by atoms with Crippen LogP contribution in [0.2, 0.25) is 0 Å². The predicted octanol–water partition coefficient (Wildman–Crippen LogP) is 4.63. The molecule has 31 heavy (non-hydrogen) atoms. The van der Waals surface area contributed by atoms with Gasteiger partial charge < -0.3 is 24.3 Å². The molecule has 0 aliphatic carbocycles. The summed E-state index contributed by atoms with van der Waals surface area (Å²) in [6, 6.07) is 15.2. The van der Waals surface area contributed by atoms with E-state index in [1.165, 1.54) is 0 Å². The number of hydrogen-bond donors (Lipinski definition) is 1. The molecule has 0 radical (unpaired) electrons. The zero-order chi connectivity index (χ0) is 21.8. The Morgan fingerprint density at radius 3 is 2.35 bits per heavy atom. The monoisotopic (exact) mass is 420 g/mol. The Bertz CT molecular complexity index is 1030. The zero-order valence-electron chi connectivity index (χ0n) is 18.2. The van der Waals surface area contributed by atoms with Crippen LogP contribution in [0.3, 0.4) is 0 Å². The number of ether oxygens (including phenoxy) is 2. The SMILES string of the molecule is COc1ccc(Cn2c(C)cnc2C2CCCN2C(=O)Nc2ccc(OC)cc2)cc1. The minimum absolute atomic E-state index is 0.0507. The number of benzene rings is 2. The molecule has 1 atom stereocenters. The molecule has 1 aromatic heterocycles. The molecule has 0 spiro atoms. The number of amides is 2. The molecule has 1 unspecified atom stereocenters. The molecule has 4 rings (SSSR count). The molecule has 162 valence electrons. The number of urea groups is 1. The number of aromatic nitrogens is 2. The number of hydrogen-bond acceptors (Lipinski definition) is 4. The fourth-order valence-corrected chi connectivity index (χ4v) is 4.01. The Morgan fingerprint density at radius 2 is 1.71 bits per heavy atom. The fraction of sp³-hybridized carbons (Fsp3) is 0.333. The molecule has 0 bridgehead atoms. The summed E-state index contributed by atoms with van der Waals surface area (Å²) in [6.45, 7) is 3.47. The highest BCUT2D eigenvalue weighted by Crippen LogP contribution is 2.33. The van der Waals surface area contributed by atoms with E-state index in [0.29, 0.717) is 13.1 Å². The Hall–Kier alpha value is -3.48. The number of aryl methyl sites for hydroxylation is 1. The first-order chi connectivity index (χ1) is 15.1. The van der Waals surface area contributed by atoms with Crippen LogP contribution in [0.5, 0.6) is 11.5 Å². The molecule has 2 aromatic carbocycles. The van der Waals surface area contributed by atoms with E-state index in [2.05, 4.69) is 28.9 Å². The third-order valence-electron chi connectivity index (χ3n) is 5.74. The minimum Gasteiger partial charge on any atom is -0.497 e. The van der Waals surface area contributed by atoms with Crippen LogP contribution in [0.15, 0.2) is 54.7 Å². The van der Waals surface area contributed by atoms with E-state index < -0.39 is 0 Å². The van der Waals surface area contributed by atoms with Crippen molar-refractivity contribution >= 4 is 11.7 Å². The van der Waals surface area contributed by atoms with Crippen LogP contribution in [-0.2, 0) is 6.54 Å². The highest BCUT2D eigenvalue weighted by atomic mass is 16.5. The van der Waals surface area contributed by atoms with Gasteiger partial charge in [-0.05, 0) is 61.7 Å². The largest absolute Gasteiger partial charge is 0.497 e. The molecule has 7 nitrogen and oxygen atoms in total. The number of rotatable bonds is 6. The second-order valence-electron chi connectivity index (χ2n) is 7.70. The quantitative estimate of drug-likeness (QED) is 0.632. The summed E-state index contributed by atoms with van der Waals surface area (Å²) in [5.41, 5.74) is 2.98. The molecule has 2 amide bonds. The van der Waals surface area contributed by atoms with Crippen LogP contribution in [-0.4, -0.2) is 41.2 Å². The topological polar surface area (TPSA) is 68.6 Å². The lowest BCUT2D eigenvalue weighted by molar-refractivity contribution is 0.204. The third kappa shape index (κ3) is 4.50. The van der Waals surface area contributed by atoms with Crippen LogP contribution in [0, 0.1) is 6.92 Å². The minimum atomic E-state index is -0.107. The maximum atomic E-state index is 13.0. The lowest BCUT2D eigenvalue weighted by Gasteiger charge is -2.26. The summed E-state index contributed by atoms with van der Waals surface area (Å²) in [5.74, 6) is 2.52. The Labute approximate surface area is 182 Å². The van der Waals surface area contributed by atoms with E-state index in [4.69, 9.17) is 14.5 Å². The number of imidazole rings is 1. The highest BCUT2D eigenvalue weighted by molar-refractivity contribution is 5.89. The first-order valence-electron chi connectivity index (χ1n) is 10.5. The number of nitrogens with zero attached hydrogens (tertiary/aromatic N) is 3. The van der Waals surface area contributed by atoms with Gasteiger partial charge in [0.05, 0.1) is 20.3 Å². The van der Waals surface area contributed by atoms with Crippen LogP contribution in [0.1, 0.15) is 36.0 Å². The normalized spacial score (nSPS) is 15.7. The predicted molar refractivity (Wildman–Crippen MR) is 120 cm³/mol. The first-order valence-corrected chi connectivity index (χ1v) is 10.5. The molecule has 1 aliphatic rings. The van der Waals surface area contributed by atoms with Crippen molar-refractivity contribution in [3.05, 3.63) is 71.8 Å². The molecule has 1 N–H and O–H groups in total. The van der Waals surface area contributed by atoms with Gasteiger partial charge in [-0.3, -0.25) is 0 Å². The van der Waals surface area contributed by atoms with Gasteiger partial charge in [-0.2, -0.15) is 0 Å². The van der Waals surface area contributed by atoms with Gasteiger partial charge in [0.1, 0.15) is 17.3 Å². The summed E-state index contributed by atoms with van der Waals surface area (Å²) in [7, 11) is 3.29. The van der Waals surface area contributed by atoms with Gasteiger partial charge >= 0.3 is 6.03 Å². The summed E-state index contributed by atoms with van der Waals surface area (Å²) < 4.78 is 12.6. The molecule has 1 aliphatic heterocycles. The van der Waals surface area contributed by atoms with Gasteiger partial charge in [0, 0.05) is 30.7 Å². The van der Waals surface area contributed by atoms with E-state index in [1.807, 2.05) is 47.5 Å². The van der Waals surface area contributed by atoms with E-state index in [1.54, 1.807) is 14.2 Å². The van der Waals surface area contributed by atoms with Gasteiger partial charge in [-0.1, -0.05) is 12.1 Å². The van der Waals surface area contributed by atoms with Gasteiger partial charge in [0.15, 0.2) is 0 Å². The second-order valence-corrected chi connectivity index (χ2v) is 7.70. The van der Waals surface area contributed by atoms with Crippen molar-refractivity contribution in [2.75, 3.05) is 26.1 Å². The second kappa shape index (κ2) is 9.12. The Kier molecular flexibility index (Phi) is 6.11. The van der Waals surface area contributed by atoms with E-state index in [-0.39, 0.29) is 12.1 Å². The molecule has 2 heterocycles. The van der Waals surface area contributed by atoms with Gasteiger partial charge in [0.25, 0.3) is 0 Å². The average molecular weight is 421 g/mol. The number of nitrogens with one attached hydrogen (secondary N) is 1. The molecule has 1 saturated heterocycles. The van der Waals surface area contributed by atoms with Crippen LogP contribution in [0.4, 0.5) is 10.5 Å². The van der Waals surface area contributed by atoms with Crippen molar-refractivity contribution in [1.82, 2.24) is 14.5 Å². The van der Waals surface area contributed by atoms with Gasteiger partial charge in [0.2, 0.25) is 0 Å². The number of carbonyl (C=O) groups is 1. The molecule has 0 saturated carbocycles. The Balaban J connectivity index is 1.52. The van der Waals surface area contributed by atoms with E-state index in [0.717, 1.165) is 47.1 Å². The van der Waals surface area contributed by atoms with Crippen molar-refractivity contribution < 1.29 is 14.3 Å². The summed E-state index contributed by atoms with van der Waals surface area (Å²) in [6.07, 6.45) is 3.74. The van der Waals surface area contributed by atoms with Crippen molar-refractivity contribution in [2.24, 2.45) is 0 Å². The fourth-order valence-electron chi connectivity index (χ4n) is 4.01. The summed E-state index contributed by atoms with van der Waals surface area (Å²) >= 11 is 0. The molecular weight excluding hydrogens is 392 g/mol. The van der Waals surface area contributed by atoms with Crippen molar-refractivity contribution in [1.29, 1.82) is 0 Å². The first kappa shape index (κ1) is 20.8. The molecule has 7 heteroatoms. The van der Waals surface area contributed by atoms with Crippen LogP contribution < -0.4 is 14.8 Å². The smallest absolute Gasteiger partial charge is 0.322 e. The lowest BCUT2D eigenvalue weighted by Crippen LogP contribution is -2.35. The van der Waals surface area contributed by atoms with Crippen LogP contribution in [0.25, 0.3) is 0 Å². The number of carbonyl (C=O) groups excluding carboxylic acids is 1. The van der Waals surface area contributed by atoms with Crippen molar-refractivity contribution in [3.8, 4) is 11.5 Å². The summed E-state index contributed by atoms with van der Waals surface area (Å²) in [4.78, 5) is 19.6. The van der Waals surface area contributed by atoms with Crippen molar-refractivity contribution in [3.63, 3.8) is 0 Å². The van der Waals surface area contributed by atoms with Crippen LogP contribution >= 0.6 is 0 Å². The maximum Gasteiger partial charge on any atom is 0.322 e.